The van der Waals surface area contributed by atoms with Gasteiger partial charge in [0.15, 0.2) is 11.4 Å². The zero-order valence-electron chi connectivity index (χ0n) is 11.5. The second kappa shape index (κ2) is 4.66. The number of carbonyl (C=O) groups is 2. The fourth-order valence-electron chi connectivity index (χ4n) is 2.04. The van der Waals surface area contributed by atoms with Crippen molar-refractivity contribution in [2.75, 3.05) is 18.7 Å². The highest BCUT2D eigenvalue weighted by Crippen LogP contribution is 2.38. The molecule has 0 spiro atoms. The minimum Gasteiger partial charge on any atom is -0.476 e. The van der Waals surface area contributed by atoms with Gasteiger partial charge in [0.2, 0.25) is 0 Å². The van der Waals surface area contributed by atoms with Gasteiger partial charge in [0.25, 0.3) is 5.91 Å². The quantitative estimate of drug-likeness (QED) is 0.783. The van der Waals surface area contributed by atoms with E-state index in [9.17, 15) is 9.59 Å². The molecular formula is C14H17NO4. The summed E-state index contributed by atoms with van der Waals surface area (Å²) >= 11 is 0. The van der Waals surface area contributed by atoms with Crippen molar-refractivity contribution in [2.24, 2.45) is 0 Å². The molecule has 0 fully saturated rings. The van der Waals surface area contributed by atoms with Gasteiger partial charge in [-0.05, 0) is 39.0 Å². The topological polar surface area (TPSA) is 55.8 Å². The number of methoxy groups -OCH3 is 1. The molecule has 0 aliphatic carbocycles. The summed E-state index contributed by atoms with van der Waals surface area (Å²) in [4.78, 5) is 25.2. The first-order valence-corrected chi connectivity index (χ1v) is 6.01. The number of rotatable bonds is 3. The van der Waals surface area contributed by atoms with E-state index in [0.29, 0.717) is 17.0 Å². The minimum absolute atomic E-state index is 0.0579. The molecule has 0 saturated carbocycles. The first-order chi connectivity index (χ1) is 8.86. The van der Waals surface area contributed by atoms with Crippen LogP contribution in [0.1, 0.15) is 31.1 Å². The Kier molecular flexibility index (Phi) is 3.32. The average molecular weight is 263 g/mol. The Labute approximate surface area is 112 Å². The molecule has 0 atom stereocenters. The van der Waals surface area contributed by atoms with Crippen LogP contribution in [0.3, 0.4) is 0 Å². The van der Waals surface area contributed by atoms with Crippen molar-refractivity contribution in [2.45, 2.75) is 26.4 Å². The third-order valence-electron chi connectivity index (χ3n) is 3.04. The van der Waals surface area contributed by atoms with Gasteiger partial charge in [-0.25, -0.2) is 0 Å². The summed E-state index contributed by atoms with van der Waals surface area (Å²) in [6.45, 7) is 5.03. The molecular weight excluding hydrogens is 246 g/mol. The highest BCUT2D eigenvalue weighted by Gasteiger charge is 2.41. The molecule has 1 aliphatic heterocycles. The molecule has 0 radical (unpaired) electrons. The first-order valence-electron chi connectivity index (χ1n) is 6.01. The van der Waals surface area contributed by atoms with Crippen LogP contribution in [0.2, 0.25) is 0 Å². The third kappa shape index (κ3) is 2.33. The lowest BCUT2D eigenvalue weighted by Crippen LogP contribution is -2.53. The Bertz CT molecular complexity index is 536. The van der Waals surface area contributed by atoms with Crippen molar-refractivity contribution < 1.29 is 19.1 Å². The Balaban J connectivity index is 2.53. The van der Waals surface area contributed by atoms with E-state index in [4.69, 9.17) is 9.47 Å². The van der Waals surface area contributed by atoms with Crippen molar-refractivity contribution in [3.8, 4) is 5.75 Å². The fourth-order valence-corrected chi connectivity index (χ4v) is 2.04. The predicted octanol–water partition coefficient (Wildman–Crippen LogP) is 2.00. The maximum atomic E-state index is 12.3. The molecule has 1 heterocycles. The average Bonchev–Trinajstić information content (AvgIpc) is 2.34. The number of ketones is 1. The summed E-state index contributed by atoms with van der Waals surface area (Å²) < 4.78 is 10.8. The number of hydrogen-bond donors (Lipinski definition) is 0. The fraction of sp³-hybridized carbons (Fsp3) is 0.429. The molecule has 102 valence electrons. The number of benzene rings is 1. The van der Waals surface area contributed by atoms with E-state index in [0.717, 1.165) is 0 Å². The van der Waals surface area contributed by atoms with Crippen LogP contribution in [-0.4, -0.2) is 31.1 Å². The van der Waals surface area contributed by atoms with Crippen LogP contribution in [0.4, 0.5) is 5.69 Å². The Hall–Kier alpha value is -1.88. The summed E-state index contributed by atoms with van der Waals surface area (Å²) in [6, 6.07) is 5.06. The highest BCUT2D eigenvalue weighted by atomic mass is 16.5. The number of ether oxygens (including phenoxy) is 2. The zero-order chi connectivity index (χ0) is 14.2. The SMILES string of the molecule is COCN1C(=O)C(C)(C)Oc2ccc(C(C)=O)cc21. The Morgan fingerprint density at radius 1 is 1.42 bits per heavy atom. The number of nitrogens with zero attached hydrogens (tertiary/aromatic N) is 1. The first kappa shape index (κ1) is 13.5. The van der Waals surface area contributed by atoms with Gasteiger partial charge in [0.1, 0.15) is 12.5 Å². The minimum atomic E-state index is -0.941. The van der Waals surface area contributed by atoms with Crippen LogP contribution in [-0.2, 0) is 9.53 Å². The van der Waals surface area contributed by atoms with Crippen molar-refractivity contribution in [3.63, 3.8) is 0 Å². The molecule has 5 nitrogen and oxygen atoms in total. The van der Waals surface area contributed by atoms with Crippen LogP contribution in [0.15, 0.2) is 18.2 Å². The Morgan fingerprint density at radius 2 is 2.11 bits per heavy atom. The van der Waals surface area contributed by atoms with E-state index in [1.54, 1.807) is 32.0 Å². The standard InChI is InChI=1S/C14H17NO4/c1-9(16)10-5-6-12-11(7-10)15(8-18-4)13(17)14(2,3)19-12/h5-7H,8H2,1-4H3. The number of hydrogen-bond acceptors (Lipinski definition) is 4. The van der Waals surface area contributed by atoms with Gasteiger partial charge in [-0.2, -0.15) is 0 Å². The lowest BCUT2D eigenvalue weighted by Gasteiger charge is -2.38. The zero-order valence-corrected chi connectivity index (χ0v) is 11.5. The van der Waals surface area contributed by atoms with E-state index in [1.165, 1.54) is 18.9 Å². The smallest absolute Gasteiger partial charge is 0.272 e. The van der Waals surface area contributed by atoms with E-state index >= 15 is 0 Å². The summed E-state index contributed by atoms with van der Waals surface area (Å²) in [6.07, 6.45) is 0. The van der Waals surface area contributed by atoms with Gasteiger partial charge < -0.3 is 9.47 Å². The van der Waals surface area contributed by atoms with Crippen LogP contribution in [0.5, 0.6) is 5.75 Å². The van der Waals surface area contributed by atoms with Crippen LogP contribution in [0.25, 0.3) is 0 Å². The van der Waals surface area contributed by atoms with Crippen molar-refractivity contribution in [1.82, 2.24) is 0 Å². The Morgan fingerprint density at radius 3 is 2.68 bits per heavy atom. The van der Waals surface area contributed by atoms with Crippen molar-refractivity contribution in [3.05, 3.63) is 23.8 Å². The molecule has 0 unspecified atom stereocenters. The lowest BCUT2D eigenvalue weighted by molar-refractivity contribution is -0.133. The summed E-state index contributed by atoms with van der Waals surface area (Å²) in [5.41, 5.74) is 0.165. The maximum absolute atomic E-state index is 12.3. The third-order valence-corrected chi connectivity index (χ3v) is 3.04. The van der Waals surface area contributed by atoms with Crippen LogP contribution < -0.4 is 9.64 Å². The molecule has 0 aromatic heterocycles. The predicted molar refractivity (Wildman–Crippen MR) is 70.5 cm³/mol. The van der Waals surface area contributed by atoms with E-state index in [1.807, 2.05) is 0 Å². The van der Waals surface area contributed by atoms with Gasteiger partial charge in [-0.1, -0.05) is 0 Å². The number of amides is 1. The van der Waals surface area contributed by atoms with Crippen molar-refractivity contribution >= 4 is 17.4 Å². The summed E-state index contributed by atoms with van der Waals surface area (Å²) in [5, 5.41) is 0. The van der Waals surface area contributed by atoms with Gasteiger partial charge in [0, 0.05) is 12.7 Å². The van der Waals surface area contributed by atoms with Gasteiger partial charge in [0.05, 0.1) is 5.69 Å². The molecule has 0 N–H and O–H groups in total. The number of anilines is 1. The second-order valence-electron chi connectivity index (χ2n) is 5.00. The molecule has 1 aromatic rings. The normalized spacial score (nSPS) is 16.8. The highest BCUT2D eigenvalue weighted by molar-refractivity contribution is 6.04. The largest absolute Gasteiger partial charge is 0.476 e. The van der Waals surface area contributed by atoms with Crippen LogP contribution in [0, 0.1) is 0 Å². The van der Waals surface area contributed by atoms with E-state index < -0.39 is 5.60 Å². The molecule has 1 aromatic carbocycles. The summed E-state index contributed by atoms with van der Waals surface area (Å²) in [5.74, 6) is 0.326. The van der Waals surface area contributed by atoms with E-state index in [-0.39, 0.29) is 18.4 Å². The second-order valence-corrected chi connectivity index (χ2v) is 5.00. The van der Waals surface area contributed by atoms with Gasteiger partial charge >= 0.3 is 0 Å². The van der Waals surface area contributed by atoms with E-state index in [2.05, 4.69) is 0 Å². The van der Waals surface area contributed by atoms with Crippen molar-refractivity contribution in [1.29, 1.82) is 0 Å². The molecule has 0 bridgehead atoms. The lowest BCUT2D eigenvalue weighted by atomic mass is 10.0. The van der Waals surface area contributed by atoms with Gasteiger partial charge in [-0.3, -0.25) is 14.5 Å². The molecule has 1 aliphatic rings. The monoisotopic (exact) mass is 263 g/mol. The molecule has 2 rings (SSSR count). The summed E-state index contributed by atoms with van der Waals surface area (Å²) in [7, 11) is 1.52. The number of Topliss-reactive ketones (excluding diaryl/α,β-unsaturated/α-hetero) is 1. The van der Waals surface area contributed by atoms with Crippen LogP contribution >= 0.6 is 0 Å². The molecule has 19 heavy (non-hydrogen) atoms. The molecule has 1 amide bonds. The maximum Gasteiger partial charge on any atom is 0.272 e. The van der Waals surface area contributed by atoms with Gasteiger partial charge in [-0.15, -0.1) is 0 Å². The number of carbonyl (C=O) groups excluding carboxylic acids is 2. The number of fused-ring (bicyclic) bond motifs is 1. The molecule has 0 saturated heterocycles. The molecule has 5 heteroatoms.